The van der Waals surface area contributed by atoms with E-state index < -0.39 is 5.41 Å². The lowest BCUT2D eigenvalue weighted by atomic mass is 9.65. The number of para-hydroxylation sites is 3. The molecule has 3 heteroatoms. The fourth-order valence-corrected chi connectivity index (χ4v) is 14.6. The summed E-state index contributed by atoms with van der Waals surface area (Å²) in [4.78, 5) is 4.86. The first kappa shape index (κ1) is 48.0. The maximum Gasteiger partial charge on any atom is 0.140 e. The minimum Gasteiger partial charge on any atom is -0.456 e. The monoisotopic (exact) mass is 1050 g/mol. The highest BCUT2D eigenvalue weighted by atomic mass is 16.5. The van der Waals surface area contributed by atoms with E-state index in [4.69, 9.17) is 4.74 Å². The molecule has 0 radical (unpaired) electrons. The van der Waals surface area contributed by atoms with Crippen molar-refractivity contribution in [3.8, 4) is 67.1 Å². The van der Waals surface area contributed by atoms with Crippen LogP contribution >= 0.6 is 0 Å². The second-order valence-electron chi connectivity index (χ2n) is 23.6. The number of benzene rings is 12. The van der Waals surface area contributed by atoms with Gasteiger partial charge in [0, 0.05) is 61.6 Å². The largest absolute Gasteiger partial charge is 0.456 e. The van der Waals surface area contributed by atoms with Crippen molar-refractivity contribution in [2.24, 2.45) is 0 Å². The van der Waals surface area contributed by atoms with Crippen LogP contribution in [0, 0.1) is 0 Å². The van der Waals surface area contributed by atoms with Gasteiger partial charge in [0.05, 0.1) is 5.41 Å². The highest BCUT2D eigenvalue weighted by Crippen LogP contribution is 2.64. The van der Waals surface area contributed by atoms with Gasteiger partial charge in [0.15, 0.2) is 0 Å². The molecule has 12 aromatic rings. The first-order chi connectivity index (χ1) is 40.2. The van der Waals surface area contributed by atoms with Gasteiger partial charge in [0.25, 0.3) is 0 Å². The third kappa shape index (κ3) is 6.96. The molecule has 0 aromatic heterocycles. The predicted molar refractivity (Wildman–Crippen MR) is 339 cm³/mol. The first-order valence-electron chi connectivity index (χ1n) is 28.7. The van der Waals surface area contributed by atoms with Crippen molar-refractivity contribution in [1.29, 1.82) is 0 Å². The first-order valence-corrected chi connectivity index (χ1v) is 28.7. The third-order valence-corrected chi connectivity index (χ3v) is 18.5. The molecular weight excluding hydrogens is 993 g/mol. The minimum absolute atomic E-state index is 0.145. The van der Waals surface area contributed by atoms with Gasteiger partial charge in [0.2, 0.25) is 0 Å². The van der Waals surface area contributed by atoms with E-state index in [1.54, 1.807) is 0 Å². The van der Waals surface area contributed by atoms with Crippen LogP contribution in [0.15, 0.2) is 279 Å². The molecule has 0 saturated heterocycles. The molecule has 4 aliphatic rings. The standard InChI is InChI=1S/C79H58N2O/c1-77(2)67-28-14-11-24-61(67)64-45-42-57(48-72(64)77)80(55-38-34-52(35-39-55)51-20-7-5-8-21-51)56-40-36-53(37-41-56)60-27-19-32-71-76(60)82-75-33-18-17-31-70(75)79(71)69-30-16-13-26-63(69)66-47-44-59(50-74(66)79)81(54-22-9-6-10-23-54)58-43-46-65-62-25-12-15-29-68(62)78(3,4)73(65)49-58/h5-50H,1-4H3. The van der Waals surface area contributed by atoms with E-state index in [2.05, 4.69) is 317 Å². The Labute approximate surface area is 480 Å². The Morgan fingerprint density at radius 1 is 0.244 bits per heavy atom. The maximum absolute atomic E-state index is 7.32. The van der Waals surface area contributed by atoms with Crippen LogP contribution in [-0.2, 0) is 16.2 Å². The molecule has 0 fully saturated rings. The highest BCUT2D eigenvalue weighted by Gasteiger charge is 2.52. The second kappa shape index (κ2) is 18.0. The van der Waals surface area contributed by atoms with Crippen molar-refractivity contribution >= 4 is 34.1 Å². The van der Waals surface area contributed by atoms with Crippen LogP contribution in [0.1, 0.15) is 72.2 Å². The quantitative estimate of drug-likeness (QED) is 0.151. The summed E-state index contributed by atoms with van der Waals surface area (Å²) in [6.45, 7) is 9.44. The van der Waals surface area contributed by atoms with E-state index in [0.29, 0.717) is 0 Å². The minimum atomic E-state index is -0.699. The van der Waals surface area contributed by atoms with Crippen LogP contribution < -0.4 is 14.5 Å². The topological polar surface area (TPSA) is 15.7 Å². The van der Waals surface area contributed by atoms with Crippen LogP contribution in [-0.4, -0.2) is 0 Å². The zero-order valence-corrected chi connectivity index (χ0v) is 46.4. The number of hydrogen-bond donors (Lipinski definition) is 0. The van der Waals surface area contributed by atoms with Crippen LogP contribution in [0.5, 0.6) is 11.5 Å². The number of ether oxygens (including phenoxy) is 1. The van der Waals surface area contributed by atoms with Crippen LogP contribution in [0.25, 0.3) is 55.6 Å². The van der Waals surface area contributed by atoms with E-state index in [9.17, 15) is 0 Å². The zero-order chi connectivity index (χ0) is 54.9. The smallest absolute Gasteiger partial charge is 0.140 e. The van der Waals surface area contributed by atoms with Crippen LogP contribution in [0.4, 0.5) is 34.1 Å². The maximum atomic E-state index is 7.32. The molecule has 82 heavy (non-hydrogen) atoms. The molecule has 1 unspecified atom stereocenters. The van der Waals surface area contributed by atoms with Crippen LogP contribution in [0.3, 0.4) is 0 Å². The lowest BCUT2D eigenvalue weighted by Crippen LogP contribution is -2.32. The van der Waals surface area contributed by atoms with Crippen molar-refractivity contribution in [1.82, 2.24) is 0 Å². The van der Waals surface area contributed by atoms with Crippen molar-refractivity contribution < 1.29 is 4.74 Å². The molecule has 0 amide bonds. The Balaban J connectivity index is 0.841. The fraction of sp³-hybridized carbons (Fsp3) is 0.0886. The molecule has 3 nitrogen and oxygen atoms in total. The van der Waals surface area contributed by atoms with E-state index in [1.165, 1.54) is 77.9 Å². The average Bonchev–Trinajstić information content (AvgIpc) is 2.50. The summed E-state index contributed by atoms with van der Waals surface area (Å²) in [5, 5.41) is 0. The molecule has 1 aliphatic heterocycles. The summed E-state index contributed by atoms with van der Waals surface area (Å²) in [5.74, 6) is 1.73. The molecule has 12 aromatic carbocycles. The van der Waals surface area contributed by atoms with Crippen molar-refractivity contribution in [2.45, 2.75) is 43.9 Å². The Kier molecular flexibility index (Phi) is 10.5. The number of nitrogens with zero attached hydrogens (tertiary/aromatic N) is 2. The number of fused-ring (bicyclic) bond motifs is 15. The Morgan fingerprint density at radius 3 is 1.18 bits per heavy atom. The number of hydrogen-bond acceptors (Lipinski definition) is 3. The van der Waals surface area contributed by atoms with Gasteiger partial charge in [-0.15, -0.1) is 0 Å². The molecule has 0 N–H and O–H groups in total. The second-order valence-corrected chi connectivity index (χ2v) is 23.6. The molecule has 1 heterocycles. The molecule has 3 aliphatic carbocycles. The number of anilines is 6. The van der Waals surface area contributed by atoms with Crippen molar-refractivity contribution in [2.75, 3.05) is 9.80 Å². The molecule has 390 valence electrons. The zero-order valence-electron chi connectivity index (χ0n) is 46.4. The van der Waals surface area contributed by atoms with Gasteiger partial charge >= 0.3 is 0 Å². The normalized spacial score (nSPS) is 15.7. The summed E-state index contributed by atoms with van der Waals surface area (Å²) in [6, 6.07) is 103. The lowest BCUT2D eigenvalue weighted by molar-refractivity contribution is 0.438. The molecule has 0 saturated carbocycles. The van der Waals surface area contributed by atoms with Gasteiger partial charge in [-0.1, -0.05) is 228 Å². The van der Waals surface area contributed by atoms with Gasteiger partial charge in [-0.2, -0.15) is 0 Å². The van der Waals surface area contributed by atoms with Crippen molar-refractivity contribution in [3.05, 3.63) is 324 Å². The van der Waals surface area contributed by atoms with Gasteiger partial charge in [-0.25, -0.2) is 0 Å². The van der Waals surface area contributed by atoms with E-state index in [0.717, 1.165) is 67.9 Å². The summed E-state index contributed by atoms with van der Waals surface area (Å²) in [5.41, 5.74) is 28.0. The van der Waals surface area contributed by atoms with E-state index in [1.807, 2.05) is 0 Å². The summed E-state index contributed by atoms with van der Waals surface area (Å²) >= 11 is 0. The summed E-state index contributed by atoms with van der Waals surface area (Å²) in [7, 11) is 0. The Hall–Kier alpha value is -9.96. The SMILES string of the molecule is CC1(C)c2ccccc2-c2ccc(N(c3ccc(-c4ccccc4)cc3)c3ccc(-c4cccc5c4Oc4ccccc4C54c5ccccc5-c5ccc(N(c6ccccc6)c6ccc7c(c6)C(C)(C)c6ccccc6-7)cc54)cc3)cc21. The summed E-state index contributed by atoms with van der Waals surface area (Å²) < 4.78 is 7.32. The Bertz CT molecular complexity index is 4540. The lowest BCUT2D eigenvalue weighted by Gasteiger charge is -2.40. The van der Waals surface area contributed by atoms with Gasteiger partial charge in [-0.3, -0.25) is 0 Å². The number of rotatable bonds is 8. The Morgan fingerprint density at radius 2 is 0.610 bits per heavy atom. The highest BCUT2D eigenvalue weighted by molar-refractivity contribution is 5.94. The molecule has 1 atom stereocenters. The molecular formula is C79H58N2O. The van der Waals surface area contributed by atoms with E-state index >= 15 is 0 Å². The fourth-order valence-electron chi connectivity index (χ4n) is 14.6. The van der Waals surface area contributed by atoms with Gasteiger partial charge in [0.1, 0.15) is 11.5 Å². The molecule has 1 spiro atoms. The van der Waals surface area contributed by atoms with E-state index in [-0.39, 0.29) is 10.8 Å². The summed E-state index contributed by atoms with van der Waals surface area (Å²) in [6.07, 6.45) is 0. The average molecular weight is 1050 g/mol. The van der Waals surface area contributed by atoms with Gasteiger partial charge in [-0.05, 0) is 162 Å². The predicted octanol–water partition coefficient (Wildman–Crippen LogP) is 21.0. The molecule has 0 bridgehead atoms. The van der Waals surface area contributed by atoms with Crippen molar-refractivity contribution in [3.63, 3.8) is 0 Å². The van der Waals surface area contributed by atoms with Crippen LogP contribution in [0.2, 0.25) is 0 Å². The third-order valence-electron chi connectivity index (χ3n) is 18.5. The molecule has 16 rings (SSSR count). The van der Waals surface area contributed by atoms with Gasteiger partial charge < -0.3 is 14.5 Å².